The number of ether oxygens (including phenoxy) is 2. The Bertz CT molecular complexity index is 914. The van der Waals surface area contributed by atoms with Gasteiger partial charge in [-0.1, -0.05) is 179 Å². The highest BCUT2D eigenvalue weighted by Crippen LogP contribution is 2.22. The van der Waals surface area contributed by atoms with E-state index in [1.807, 2.05) is 6.08 Å². The average molecular weight is 782 g/mol. The zero-order valence-corrected chi connectivity index (χ0v) is 35.4. The number of allylic oxidation sites excluding steroid dienone is 3. The molecular weight excluding hydrogens is 695 g/mol. The van der Waals surface area contributed by atoms with Crippen LogP contribution in [-0.2, 0) is 14.3 Å². The van der Waals surface area contributed by atoms with E-state index < -0.39 is 49.5 Å². The predicted molar refractivity (Wildman–Crippen MR) is 226 cm³/mol. The van der Waals surface area contributed by atoms with Gasteiger partial charge in [0.25, 0.3) is 0 Å². The first-order chi connectivity index (χ1) is 26.8. The first kappa shape index (κ1) is 51.7. The van der Waals surface area contributed by atoms with E-state index in [-0.39, 0.29) is 12.5 Å². The normalized spacial score (nSPS) is 21.5. The van der Waals surface area contributed by atoms with Crippen LogP contribution in [0.25, 0.3) is 0 Å². The lowest BCUT2D eigenvalue weighted by Crippen LogP contribution is -2.60. The Balaban J connectivity index is 2.36. The third-order valence-corrected chi connectivity index (χ3v) is 11.0. The molecule has 1 fully saturated rings. The molecule has 0 bridgehead atoms. The number of nitrogens with one attached hydrogen (secondary N) is 1. The molecule has 1 amide bonds. The Kier molecular flexibility index (Phi) is 34.7. The van der Waals surface area contributed by atoms with E-state index in [9.17, 15) is 30.3 Å². The fraction of sp³-hybridized carbons (Fsp3) is 0.891. The molecule has 55 heavy (non-hydrogen) atoms. The molecule has 6 N–H and O–H groups in total. The number of hydrogen-bond donors (Lipinski definition) is 6. The smallest absolute Gasteiger partial charge is 0.220 e. The number of amides is 1. The molecule has 0 radical (unpaired) electrons. The summed E-state index contributed by atoms with van der Waals surface area (Å²) < 4.78 is 11.2. The Morgan fingerprint density at radius 3 is 1.47 bits per heavy atom. The molecule has 0 aliphatic carbocycles. The van der Waals surface area contributed by atoms with Crippen LogP contribution in [-0.4, -0.2) is 87.5 Å². The second-order valence-electron chi connectivity index (χ2n) is 16.2. The Morgan fingerprint density at radius 1 is 0.600 bits per heavy atom. The second kappa shape index (κ2) is 37.0. The minimum atomic E-state index is -1.56. The molecule has 1 aliphatic heterocycles. The van der Waals surface area contributed by atoms with E-state index >= 15 is 0 Å². The van der Waals surface area contributed by atoms with E-state index in [0.717, 1.165) is 57.8 Å². The van der Waals surface area contributed by atoms with Crippen molar-refractivity contribution in [2.75, 3.05) is 13.2 Å². The molecule has 9 heteroatoms. The summed E-state index contributed by atoms with van der Waals surface area (Å²) in [6, 6.07) is -0.805. The first-order valence-corrected chi connectivity index (χ1v) is 23.1. The van der Waals surface area contributed by atoms with Crippen molar-refractivity contribution in [1.29, 1.82) is 0 Å². The molecule has 0 saturated carbocycles. The van der Waals surface area contributed by atoms with Crippen LogP contribution < -0.4 is 5.32 Å². The maximum absolute atomic E-state index is 12.9. The van der Waals surface area contributed by atoms with Crippen molar-refractivity contribution < 1.29 is 39.8 Å². The zero-order chi connectivity index (χ0) is 40.2. The highest BCUT2D eigenvalue weighted by atomic mass is 16.7. The number of aliphatic hydroxyl groups excluding tert-OH is 5. The van der Waals surface area contributed by atoms with Crippen molar-refractivity contribution in [1.82, 2.24) is 5.32 Å². The van der Waals surface area contributed by atoms with Gasteiger partial charge in [0, 0.05) is 6.42 Å². The fourth-order valence-electron chi connectivity index (χ4n) is 7.27. The van der Waals surface area contributed by atoms with Gasteiger partial charge in [-0.15, -0.1) is 0 Å². The lowest BCUT2D eigenvalue weighted by atomic mass is 9.99. The third-order valence-electron chi connectivity index (χ3n) is 11.0. The highest BCUT2D eigenvalue weighted by Gasteiger charge is 2.44. The summed E-state index contributed by atoms with van der Waals surface area (Å²) in [4.78, 5) is 12.9. The van der Waals surface area contributed by atoms with E-state index in [0.29, 0.717) is 6.42 Å². The monoisotopic (exact) mass is 782 g/mol. The Morgan fingerprint density at radius 2 is 1.02 bits per heavy atom. The highest BCUT2D eigenvalue weighted by molar-refractivity contribution is 5.76. The molecule has 7 atom stereocenters. The van der Waals surface area contributed by atoms with E-state index in [1.54, 1.807) is 6.08 Å². The van der Waals surface area contributed by atoms with E-state index in [1.165, 1.54) is 128 Å². The van der Waals surface area contributed by atoms with Crippen LogP contribution in [0.5, 0.6) is 0 Å². The van der Waals surface area contributed by atoms with E-state index in [2.05, 4.69) is 31.3 Å². The minimum absolute atomic E-state index is 0.185. The topological polar surface area (TPSA) is 149 Å². The van der Waals surface area contributed by atoms with Crippen molar-refractivity contribution in [2.45, 2.75) is 249 Å². The van der Waals surface area contributed by atoms with Gasteiger partial charge in [0.2, 0.25) is 5.91 Å². The molecule has 1 rings (SSSR count). The number of aliphatic hydroxyl groups is 5. The molecule has 1 aliphatic rings. The molecule has 0 spiro atoms. The SMILES string of the molecule is CCCCCCCCCCC/C=C\CCCCCCCC(=O)NC(COC1OC(CO)C(O)C(O)C1O)C(O)/C=C/CCCCCCCCCCCCCC. The lowest BCUT2D eigenvalue weighted by molar-refractivity contribution is -0.302. The lowest BCUT2D eigenvalue weighted by Gasteiger charge is -2.40. The Hall–Kier alpha value is -1.33. The zero-order valence-electron chi connectivity index (χ0n) is 35.4. The van der Waals surface area contributed by atoms with Crippen LogP contribution in [0.15, 0.2) is 24.3 Å². The quantitative estimate of drug-likeness (QED) is 0.0268. The molecule has 9 nitrogen and oxygen atoms in total. The van der Waals surface area contributed by atoms with Crippen LogP contribution in [0.2, 0.25) is 0 Å². The van der Waals surface area contributed by atoms with Gasteiger partial charge in [0.1, 0.15) is 24.4 Å². The number of unbranched alkanes of at least 4 members (excludes halogenated alkanes) is 26. The molecule has 1 heterocycles. The summed E-state index contributed by atoms with van der Waals surface area (Å²) in [6.07, 6.45) is 36.4. The van der Waals surface area contributed by atoms with Gasteiger partial charge in [0.15, 0.2) is 6.29 Å². The Labute approximate surface area is 337 Å². The maximum Gasteiger partial charge on any atom is 0.220 e. The van der Waals surface area contributed by atoms with Crippen molar-refractivity contribution >= 4 is 5.91 Å². The molecular formula is C46H87NO8. The number of carbonyl (C=O) groups is 1. The van der Waals surface area contributed by atoms with Gasteiger partial charge >= 0.3 is 0 Å². The van der Waals surface area contributed by atoms with Crippen molar-refractivity contribution in [3.63, 3.8) is 0 Å². The standard InChI is InChI=1S/C46H87NO8/c1-3-5-7-9-11-13-15-17-19-20-21-22-24-26-28-30-32-34-36-42(50)47-39(38-54-46-45(53)44(52)43(51)41(37-48)55-46)40(49)35-33-31-29-27-25-23-18-16-14-12-10-8-6-4-2/h21-22,33,35,39-41,43-46,48-49,51-53H,3-20,23-32,34,36-38H2,1-2H3,(H,47,50)/b22-21-,35-33+. The molecule has 0 aromatic carbocycles. The fourth-order valence-corrected chi connectivity index (χ4v) is 7.27. The predicted octanol–water partition coefficient (Wildman–Crippen LogP) is 9.50. The third kappa shape index (κ3) is 27.9. The van der Waals surface area contributed by atoms with Crippen LogP contribution in [0.1, 0.15) is 206 Å². The van der Waals surface area contributed by atoms with Gasteiger partial charge < -0.3 is 40.3 Å². The summed E-state index contributed by atoms with van der Waals surface area (Å²) in [7, 11) is 0. The molecule has 7 unspecified atom stereocenters. The van der Waals surface area contributed by atoms with Crippen LogP contribution in [0.4, 0.5) is 0 Å². The number of hydrogen-bond acceptors (Lipinski definition) is 8. The average Bonchev–Trinajstić information content (AvgIpc) is 3.18. The van der Waals surface area contributed by atoms with Crippen molar-refractivity contribution in [3.8, 4) is 0 Å². The molecule has 0 aromatic heterocycles. The summed E-state index contributed by atoms with van der Waals surface area (Å²) in [5.41, 5.74) is 0. The second-order valence-corrected chi connectivity index (χ2v) is 16.2. The number of carbonyl (C=O) groups excluding carboxylic acids is 1. The summed E-state index contributed by atoms with van der Waals surface area (Å²) in [5, 5.41) is 54.1. The van der Waals surface area contributed by atoms with Gasteiger partial charge in [-0.25, -0.2) is 0 Å². The summed E-state index contributed by atoms with van der Waals surface area (Å²) >= 11 is 0. The summed E-state index contributed by atoms with van der Waals surface area (Å²) in [6.45, 7) is 3.77. The van der Waals surface area contributed by atoms with Gasteiger partial charge in [-0.05, 0) is 44.9 Å². The minimum Gasteiger partial charge on any atom is -0.394 e. The first-order valence-electron chi connectivity index (χ1n) is 23.1. The molecule has 324 valence electrons. The van der Waals surface area contributed by atoms with Crippen LogP contribution in [0.3, 0.4) is 0 Å². The molecule has 0 aromatic rings. The van der Waals surface area contributed by atoms with Crippen LogP contribution in [0, 0.1) is 0 Å². The van der Waals surface area contributed by atoms with Crippen molar-refractivity contribution in [3.05, 3.63) is 24.3 Å². The largest absolute Gasteiger partial charge is 0.394 e. The molecule has 1 saturated heterocycles. The van der Waals surface area contributed by atoms with Gasteiger partial charge in [-0.2, -0.15) is 0 Å². The maximum atomic E-state index is 12.9. The van der Waals surface area contributed by atoms with E-state index in [4.69, 9.17) is 9.47 Å². The number of rotatable bonds is 38. The van der Waals surface area contributed by atoms with Gasteiger partial charge in [0.05, 0.1) is 25.4 Å². The van der Waals surface area contributed by atoms with Crippen molar-refractivity contribution in [2.24, 2.45) is 0 Å². The van der Waals surface area contributed by atoms with Crippen LogP contribution >= 0.6 is 0 Å². The van der Waals surface area contributed by atoms with Gasteiger partial charge in [-0.3, -0.25) is 4.79 Å². The summed E-state index contributed by atoms with van der Waals surface area (Å²) in [5.74, 6) is -0.185.